The van der Waals surface area contributed by atoms with Crippen LogP contribution in [-0.4, -0.2) is 33.6 Å². The molecule has 0 aromatic carbocycles. The summed E-state index contributed by atoms with van der Waals surface area (Å²) in [6.45, 7) is 6.60. The normalized spacial score (nSPS) is 13.6. The number of halogens is 1. The lowest BCUT2D eigenvalue weighted by atomic mass is 10.1. The highest BCUT2D eigenvalue weighted by atomic mass is 79.9. The molecular weight excluding hydrogens is 286 g/mol. The Morgan fingerprint density at radius 2 is 2.12 bits per heavy atom. The number of hydrogen-bond acceptors (Lipinski definition) is 2. The summed E-state index contributed by atoms with van der Waals surface area (Å²) in [6, 6.07) is 0. The van der Waals surface area contributed by atoms with Gasteiger partial charge >= 0.3 is 0 Å². The van der Waals surface area contributed by atoms with Gasteiger partial charge in [-0.1, -0.05) is 35.7 Å². The molecule has 0 bridgehead atoms. The van der Waals surface area contributed by atoms with Gasteiger partial charge in [-0.25, -0.2) is 0 Å². The van der Waals surface area contributed by atoms with Gasteiger partial charge in [-0.3, -0.25) is 4.79 Å². The van der Waals surface area contributed by atoms with Gasteiger partial charge in [-0.2, -0.15) is 0 Å². The van der Waals surface area contributed by atoms with Crippen LogP contribution in [0.1, 0.15) is 40.0 Å². The number of hydrogen-bond donors (Lipinski definition) is 1. The molecule has 1 N–H and O–H groups in total. The van der Waals surface area contributed by atoms with Crippen molar-refractivity contribution in [3.05, 3.63) is 0 Å². The average molecular weight is 308 g/mol. The second-order valence-corrected chi connectivity index (χ2v) is 7.77. The Morgan fingerprint density at radius 3 is 2.56 bits per heavy atom. The lowest BCUT2D eigenvalue weighted by molar-refractivity contribution is -0.122. The second-order valence-electron chi connectivity index (χ2n) is 4.32. The van der Waals surface area contributed by atoms with Crippen molar-refractivity contribution in [2.75, 3.05) is 13.7 Å². The molecule has 0 saturated heterocycles. The van der Waals surface area contributed by atoms with Gasteiger partial charge in [-0.05, 0) is 25.8 Å². The monoisotopic (exact) mass is 307 g/mol. The van der Waals surface area contributed by atoms with E-state index in [1.54, 1.807) is 7.11 Å². The van der Waals surface area contributed by atoms with Crippen LogP contribution in [0.4, 0.5) is 0 Å². The van der Waals surface area contributed by atoms with E-state index in [1.165, 1.54) is 12.8 Å². The number of amides is 1. The maximum atomic E-state index is 11.6. The predicted molar refractivity (Wildman–Crippen MR) is 72.1 cm³/mol. The molecule has 0 rings (SSSR count). The summed E-state index contributed by atoms with van der Waals surface area (Å²) in [4.78, 5) is 11.6. The molecule has 16 heavy (non-hydrogen) atoms. The second kappa shape index (κ2) is 8.25. The number of carbonyl (C=O) groups is 1. The van der Waals surface area contributed by atoms with Gasteiger partial charge in [-0.15, -0.1) is 0 Å². The minimum absolute atomic E-state index is 0.0449. The summed E-state index contributed by atoms with van der Waals surface area (Å²) in [5.41, 5.74) is 0.578. The highest BCUT2D eigenvalue weighted by Crippen LogP contribution is 2.18. The molecule has 0 saturated carbocycles. The average Bonchev–Trinajstić information content (AvgIpc) is 2.16. The van der Waals surface area contributed by atoms with Crippen molar-refractivity contribution in [3.8, 4) is 0 Å². The van der Waals surface area contributed by atoms with Crippen molar-refractivity contribution >= 4 is 31.6 Å². The first-order chi connectivity index (χ1) is 7.41. The van der Waals surface area contributed by atoms with Crippen molar-refractivity contribution in [3.63, 3.8) is 0 Å². The Hall–Kier alpha value is 0.127. The van der Waals surface area contributed by atoms with Gasteiger partial charge < -0.3 is 9.74 Å². The molecule has 0 heterocycles. The van der Waals surface area contributed by atoms with Crippen molar-refractivity contribution in [2.45, 2.75) is 49.9 Å². The van der Waals surface area contributed by atoms with Crippen LogP contribution in [0.15, 0.2) is 0 Å². The summed E-state index contributed by atoms with van der Waals surface area (Å²) >= 11 is 3.34. The third kappa shape index (κ3) is 7.41. The van der Waals surface area contributed by atoms with Crippen LogP contribution in [0.2, 0.25) is 5.54 Å². The maximum absolute atomic E-state index is 11.6. The van der Waals surface area contributed by atoms with Gasteiger partial charge in [0.2, 0.25) is 15.7 Å². The Morgan fingerprint density at radius 1 is 1.50 bits per heavy atom. The molecule has 0 aliphatic carbocycles. The molecule has 0 aliphatic rings. The van der Waals surface area contributed by atoms with Crippen molar-refractivity contribution in [2.24, 2.45) is 0 Å². The Bertz CT molecular complexity index is 201. The highest BCUT2D eigenvalue weighted by Gasteiger charge is 2.23. The zero-order valence-electron chi connectivity index (χ0n) is 10.6. The predicted octanol–water partition coefficient (Wildman–Crippen LogP) is 2.52. The summed E-state index contributed by atoms with van der Waals surface area (Å²) < 4.78 is 4.71. The summed E-state index contributed by atoms with van der Waals surface area (Å²) in [5.74, 6) is 0.0449. The van der Waals surface area contributed by atoms with Gasteiger partial charge in [0.15, 0.2) is 0 Å². The Balaban J connectivity index is 3.81. The van der Waals surface area contributed by atoms with Crippen LogP contribution in [0.3, 0.4) is 0 Å². The van der Waals surface area contributed by atoms with Gasteiger partial charge in [0, 0.05) is 13.7 Å². The minimum Gasteiger partial charge on any atom is -0.420 e. The van der Waals surface area contributed by atoms with Crippen LogP contribution in [-0.2, 0) is 9.22 Å². The van der Waals surface area contributed by atoms with Crippen molar-refractivity contribution in [1.29, 1.82) is 0 Å². The van der Waals surface area contributed by atoms with E-state index in [0.29, 0.717) is 15.3 Å². The largest absolute Gasteiger partial charge is 0.420 e. The number of rotatable bonds is 8. The topological polar surface area (TPSA) is 38.3 Å². The van der Waals surface area contributed by atoms with Gasteiger partial charge in [0.1, 0.15) is 0 Å². The Labute approximate surface area is 110 Å². The molecule has 0 aromatic rings. The molecule has 5 heteroatoms. The summed E-state index contributed by atoms with van der Waals surface area (Å²) in [6.07, 6.45) is 3.33. The van der Waals surface area contributed by atoms with E-state index < -0.39 is 4.32 Å². The molecule has 3 nitrogen and oxygen atoms in total. The van der Waals surface area contributed by atoms with Crippen molar-refractivity contribution < 1.29 is 9.22 Å². The molecule has 1 unspecified atom stereocenters. The first kappa shape index (κ1) is 16.1. The fraction of sp³-hybridized carbons (Fsp3) is 0.909. The van der Waals surface area contributed by atoms with Crippen LogP contribution in [0, 0.1) is 0 Å². The summed E-state index contributed by atoms with van der Waals surface area (Å²) in [5, 5.41) is 2.93. The maximum Gasteiger partial charge on any atom is 0.236 e. The van der Waals surface area contributed by atoms with E-state index in [2.05, 4.69) is 28.2 Å². The van der Waals surface area contributed by atoms with E-state index in [4.69, 9.17) is 4.43 Å². The lowest BCUT2D eigenvalue weighted by Crippen LogP contribution is -2.38. The smallest absolute Gasteiger partial charge is 0.236 e. The fourth-order valence-electron chi connectivity index (χ4n) is 1.35. The Kier molecular flexibility index (Phi) is 8.32. The van der Waals surface area contributed by atoms with Gasteiger partial charge in [0.05, 0.1) is 4.32 Å². The molecular formula is C11H22BrNO2Si. The SMILES string of the molecule is CCCC(CCNC(=O)C(C)(C)Br)[Si]OC. The first-order valence-corrected chi connectivity index (χ1v) is 7.45. The van der Waals surface area contributed by atoms with E-state index >= 15 is 0 Å². The fourth-order valence-corrected chi connectivity index (χ4v) is 2.49. The van der Waals surface area contributed by atoms with Crippen LogP contribution in [0.5, 0.6) is 0 Å². The first-order valence-electron chi connectivity index (χ1n) is 5.67. The minimum atomic E-state index is -0.475. The molecule has 94 valence electrons. The number of alkyl halides is 1. The molecule has 0 spiro atoms. The third-order valence-electron chi connectivity index (χ3n) is 2.24. The van der Waals surface area contributed by atoms with E-state index in [0.717, 1.165) is 13.0 Å². The number of carbonyl (C=O) groups excluding carboxylic acids is 1. The van der Waals surface area contributed by atoms with Crippen LogP contribution in [0.25, 0.3) is 0 Å². The molecule has 1 amide bonds. The zero-order valence-corrected chi connectivity index (χ0v) is 13.2. The molecule has 0 fully saturated rings. The molecule has 1 atom stereocenters. The van der Waals surface area contributed by atoms with Crippen LogP contribution >= 0.6 is 15.9 Å². The van der Waals surface area contributed by atoms with Gasteiger partial charge in [0.25, 0.3) is 0 Å². The molecule has 0 aliphatic heterocycles. The number of nitrogens with one attached hydrogen (secondary N) is 1. The van der Waals surface area contributed by atoms with E-state index in [9.17, 15) is 4.79 Å². The van der Waals surface area contributed by atoms with E-state index in [-0.39, 0.29) is 5.91 Å². The van der Waals surface area contributed by atoms with E-state index in [1.807, 2.05) is 13.8 Å². The lowest BCUT2D eigenvalue weighted by Gasteiger charge is -2.18. The standard InChI is InChI=1S/C11H22BrNO2Si/c1-5-6-9(16-15-4)7-8-13-10(14)11(2,3)12/h9H,5-8H2,1-4H3,(H,13,14). The molecule has 0 aromatic heterocycles. The zero-order chi connectivity index (χ0) is 12.6. The quantitative estimate of drug-likeness (QED) is 0.553. The van der Waals surface area contributed by atoms with Crippen molar-refractivity contribution in [1.82, 2.24) is 5.32 Å². The third-order valence-corrected chi connectivity index (χ3v) is 3.75. The summed E-state index contributed by atoms with van der Waals surface area (Å²) in [7, 11) is 2.28. The highest BCUT2D eigenvalue weighted by molar-refractivity contribution is 9.10. The molecule has 2 radical (unpaired) electrons. The van der Waals surface area contributed by atoms with Crippen LogP contribution < -0.4 is 5.32 Å².